The average molecular weight is 250 g/mol. The van der Waals surface area contributed by atoms with E-state index in [0.717, 1.165) is 30.6 Å². The summed E-state index contributed by atoms with van der Waals surface area (Å²) in [5.74, 6) is 1.05. The molecule has 0 aromatic carbocycles. The predicted octanol–water partition coefficient (Wildman–Crippen LogP) is 3.17. The van der Waals surface area contributed by atoms with Gasteiger partial charge in [0, 0.05) is 24.7 Å². The zero-order valence-corrected chi connectivity index (χ0v) is 12.0. The summed E-state index contributed by atoms with van der Waals surface area (Å²) in [6.45, 7) is 4.82. The third kappa shape index (κ3) is 3.27. The minimum absolute atomic E-state index is 0.775. The molecule has 104 valence electrons. The molecule has 0 bridgehead atoms. The Morgan fingerprint density at radius 2 is 1.72 bits per heavy atom. The molecule has 0 aromatic heterocycles. The largest absolute Gasteiger partial charge is 0.313 e. The maximum atomic E-state index is 3.79. The Bertz CT molecular complexity index is 258. The van der Waals surface area contributed by atoms with E-state index in [-0.39, 0.29) is 0 Å². The molecule has 3 saturated carbocycles. The first-order valence-corrected chi connectivity index (χ1v) is 8.37. The highest BCUT2D eigenvalue weighted by molar-refractivity contribution is 4.96. The van der Waals surface area contributed by atoms with Gasteiger partial charge in [0.15, 0.2) is 0 Å². The van der Waals surface area contributed by atoms with Crippen molar-refractivity contribution in [3.05, 3.63) is 0 Å². The van der Waals surface area contributed by atoms with E-state index in [9.17, 15) is 0 Å². The Balaban J connectivity index is 1.66. The zero-order chi connectivity index (χ0) is 12.4. The standard InChI is InChI=1S/C16H30N2/c1-2-17-15-6-4-3-5-7-16(15)18(14-10-11-14)12-13-8-9-13/h13-17H,2-12H2,1H3. The molecule has 3 aliphatic carbocycles. The number of nitrogens with one attached hydrogen (secondary N) is 1. The Labute approximate surface area is 113 Å². The maximum absolute atomic E-state index is 3.79. The van der Waals surface area contributed by atoms with Gasteiger partial charge in [-0.25, -0.2) is 0 Å². The highest BCUT2D eigenvalue weighted by Crippen LogP contribution is 2.38. The Kier molecular flexibility index (Phi) is 4.25. The van der Waals surface area contributed by atoms with Crippen LogP contribution in [-0.4, -0.2) is 36.1 Å². The Hall–Kier alpha value is -0.0800. The highest BCUT2D eigenvalue weighted by Gasteiger charge is 2.40. The van der Waals surface area contributed by atoms with Crippen LogP contribution >= 0.6 is 0 Å². The van der Waals surface area contributed by atoms with Crippen molar-refractivity contribution in [3.8, 4) is 0 Å². The van der Waals surface area contributed by atoms with Crippen molar-refractivity contribution >= 4 is 0 Å². The molecule has 1 N–H and O–H groups in total. The van der Waals surface area contributed by atoms with Gasteiger partial charge in [-0.1, -0.05) is 26.2 Å². The molecule has 3 rings (SSSR count). The summed E-state index contributed by atoms with van der Waals surface area (Å²) in [6, 6.07) is 2.58. The zero-order valence-electron chi connectivity index (χ0n) is 12.0. The molecule has 0 aliphatic heterocycles. The van der Waals surface area contributed by atoms with Crippen molar-refractivity contribution < 1.29 is 0 Å². The Morgan fingerprint density at radius 3 is 2.39 bits per heavy atom. The lowest BCUT2D eigenvalue weighted by atomic mass is 10.00. The van der Waals surface area contributed by atoms with Crippen LogP contribution in [0.3, 0.4) is 0 Å². The van der Waals surface area contributed by atoms with Crippen LogP contribution in [0.25, 0.3) is 0 Å². The molecule has 0 spiro atoms. The van der Waals surface area contributed by atoms with Gasteiger partial charge in [-0.15, -0.1) is 0 Å². The van der Waals surface area contributed by atoms with Crippen molar-refractivity contribution in [2.45, 2.75) is 82.8 Å². The predicted molar refractivity (Wildman–Crippen MR) is 76.8 cm³/mol. The SMILES string of the molecule is CCNC1CCCCCC1N(CC1CC1)C1CC1. The molecule has 0 aromatic rings. The first-order valence-electron chi connectivity index (χ1n) is 8.37. The summed E-state index contributed by atoms with van der Waals surface area (Å²) >= 11 is 0. The molecular formula is C16H30N2. The van der Waals surface area contributed by atoms with Crippen LogP contribution in [-0.2, 0) is 0 Å². The third-order valence-corrected chi connectivity index (χ3v) is 5.05. The summed E-state index contributed by atoms with van der Waals surface area (Å²) in [6.07, 6.45) is 13.2. The lowest BCUT2D eigenvalue weighted by Gasteiger charge is -2.37. The smallest absolute Gasteiger partial charge is 0.0252 e. The molecule has 2 unspecified atom stereocenters. The van der Waals surface area contributed by atoms with Crippen LogP contribution in [0.4, 0.5) is 0 Å². The molecule has 18 heavy (non-hydrogen) atoms. The molecule has 0 amide bonds. The molecule has 3 aliphatic rings. The van der Waals surface area contributed by atoms with Crippen LogP contribution in [0.1, 0.15) is 64.7 Å². The van der Waals surface area contributed by atoms with Crippen molar-refractivity contribution in [1.29, 1.82) is 0 Å². The normalized spacial score (nSPS) is 33.7. The van der Waals surface area contributed by atoms with Crippen molar-refractivity contribution in [3.63, 3.8) is 0 Å². The van der Waals surface area contributed by atoms with E-state index in [4.69, 9.17) is 0 Å². The number of hydrogen-bond acceptors (Lipinski definition) is 2. The van der Waals surface area contributed by atoms with E-state index in [1.54, 1.807) is 0 Å². The van der Waals surface area contributed by atoms with Crippen molar-refractivity contribution in [2.24, 2.45) is 5.92 Å². The van der Waals surface area contributed by atoms with Gasteiger partial charge in [-0.05, 0) is 51.0 Å². The fourth-order valence-electron chi connectivity index (χ4n) is 3.75. The third-order valence-electron chi connectivity index (χ3n) is 5.05. The van der Waals surface area contributed by atoms with Gasteiger partial charge >= 0.3 is 0 Å². The number of rotatable bonds is 6. The minimum Gasteiger partial charge on any atom is -0.313 e. The lowest BCUT2D eigenvalue weighted by molar-refractivity contribution is 0.133. The van der Waals surface area contributed by atoms with Crippen LogP contribution in [0, 0.1) is 5.92 Å². The molecular weight excluding hydrogens is 220 g/mol. The molecule has 0 heterocycles. The first kappa shape index (κ1) is 12.9. The molecule has 2 heteroatoms. The van der Waals surface area contributed by atoms with Crippen LogP contribution < -0.4 is 5.32 Å². The molecule has 0 radical (unpaired) electrons. The van der Waals surface area contributed by atoms with E-state index < -0.39 is 0 Å². The molecule has 3 fully saturated rings. The first-order chi connectivity index (χ1) is 8.88. The van der Waals surface area contributed by atoms with E-state index in [1.165, 1.54) is 64.3 Å². The second-order valence-electron chi connectivity index (χ2n) is 6.74. The average Bonchev–Trinajstić information content (AvgIpc) is 3.21. The van der Waals surface area contributed by atoms with Crippen molar-refractivity contribution in [1.82, 2.24) is 10.2 Å². The summed E-state index contributed by atoms with van der Waals surface area (Å²) in [7, 11) is 0. The van der Waals surface area contributed by atoms with E-state index in [0.29, 0.717) is 0 Å². The number of likely N-dealkylation sites (N-methyl/N-ethyl adjacent to an activating group) is 1. The van der Waals surface area contributed by atoms with Gasteiger partial charge in [0.1, 0.15) is 0 Å². The quantitative estimate of drug-likeness (QED) is 0.728. The van der Waals surface area contributed by atoms with Gasteiger partial charge in [0.25, 0.3) is 0 Å². The maximum Gasteiger partial charge on any atom is 0.0252 e. The number of nitrogens with zero attached hydrogens (tertiary/aromatic N) is 1. The monoisotopic (exact) mass is 250 g/mol. The molecule has 2 nitrogen and oxygen atoms in total. The van der Waals surface area contributed by atoms with Crippen molar-refractivity contribution in [2.75, 3.05) is 13.1 Å². The summed E-state index contributed by atoms with van der Waals surface area (Å²) in [5, 5.41) is 3.79. The van der Waals surface area contributed by atoms with Gasteiger partial charge in [-0.3, -0.25) is 4.90 Å². The highest BCUT2D eigenvalue weighted by atomic mass is 15.2. The van der Waals surface area contributed by atoms with E-state index >= 15 is 0 Å². The number of hydrogen-bond donors (Lipinski definition) is 1. The van der Waals surface area contributed by atoms with Crippen LogP contribution in [0.15, 0.2) is 0 Å². The molecule has 2 atom stereocenters. The summed E-state index contributed by atoms with van der Waals surface area (Å²) < 4.78 is 0. The summed E-state index contributed by atoms with van der Waals surface area (Å²) in [4.78, 5) is 2.93. The molecule has 0 saturated heterocycles. The van der Waals surface area contributed by atoms with Crippen LogP contribution in [0.2, 0.25) is 0 Å². The lowest BCUT2D eigenvalue weighted by Crippen LogP contribution is -2.51. The summed E-state index contributed by atoms with van der Waals surface area (Å²) in [5.41, 5.74) is 0. The second-order valence-corrected chi connectivity index (χ2v) is 6.74. The second kappa shape index (κ2) is 5.92. The minimum atomic E-state index is 0.775. The fourth-order valence-corrected chi connectivity index (χ4v) is 3.75. The van der Waals surface area contributed by atoms with Gasteiger partial charge in [0.2, 0.25) is 0 Å². The van der Waals surface area contributed by atoms with E-state index in [1.807, 2.05) is 0 Å². The van der Waals surface area contributed by atoms with Crippen LogP contribution in [0.5, 0.6) is 0 Å². The van der Waals surface area contributed by atoms with Gasteiger partial charge < -0.3 is 5.32 Å². The Morgan fingerprint density at radius 1 is 0.944 bits per heavy atom. The van der Waals surface area contributed by atoms with Gasteiger partial charge in [-0.2, -0.15) is 0 Å². The van der Waals surface area contributed by atoms with Gasteiger partial charge in [0.05, 0.1) is 0 Å². The topological polar surface area (TPSA) is 15.3 Å². The van der Waals surface area contributed by atoms with E-state index in [2.05, 4.69) is 17.1 Å². The fraction of sp³-hybridized carbons (Fsp3) is 1.00.